The fraction of sp³-hybridized carbons (Fsp3) is 0.733. The summed E-state index contributed by atoms with van der Waals surface area (Å²) in [4.78, 5) is 0.430. The van der Waals surface area contributed by atoms with E-state index in [2.05, 4.69) is 26.1 Å². The van der Waals surface area contributed by atoms with Gasteiger partial charge in [-0.3, -0.25) is 0 Å². The maximum atomic E-state index is 12.7. The van der Waals surface area contributed by atoms with Gasteiger partial charge in [0.15, 0.2) is 0 Å². The molecular formula is C15H27N3O2S. The number of nitrogens with zero attached hydrogens (tertiary/aromatic N) is 2. The molecule has 0 saturated carbocycles. The van der Waals surface area contributed by atoms with Gasteiger partial charge in [-0.25, -0.2) is 8.42 Å². The number of aryl methyl sites for hydroxylation is 1. The molecule has 2 rings (SSSR count). The molecular weight excluding hydrogens is 286 g/mol. The molecule has 1 atom stereocenters. The molecule has 0 aromatic carbocycles. The largest absolute Gasteiger partial charge is 0.349 e. The molecule has 21 heavy (non-hydrogen) atoms. The number of hydrogen-bond acceptors (Lipinski definition) is 3. The quantitative estimate of drug-likeness (QED) is 0.874. The summed E-state index contributed by atoms with van der Waals surface area (Å²) in [6.45, 7) is 11.1. The fourth-order valence-corrected chi connectivity index (χ4v) is 4.32. The molecule has 1 saturated heterocycles. The normalized spacial score (nSPS) is 20.5. The van der Waals surface area contributed by atoms with E-state index >= 15 is 0 Å². The zero-order chi connectivity index (χ0) is 15.6. The molecule has 0 radical (unpaired) electrons. The van der Waals surface area contributed by atoms with Crippen molar-refractivity contribution in [3.05, 3.63) is 18.0 Å². The Balaban J connectivity index is 2.23. The van der Waals surface area contributed by atoms with Crippen LogP contribution in [0.2, 0.25) is 0 Å². The van der Waals surface area contributed by atoms with Crippen molar-refractivity contribution < 1.29 is 8.42 Å². The Labute approximate surface area is 128 Å². The standard InChI is InChI=1S/C15H27N3O2S/c1-5-17-11-15(8-14(17)9-16-12(2)3)21(19,20)18-7-6-13(4)10-18/h8,11-13,16H,5-7,9-10H2,1-4H3. The summed E-state index contributed by atoms with van der Waals surface area (Å²) >= 11 is 0. The van der Waals surface area contributed by atoms with E-state index in [-0.39, 0.29) is 0 Å². The molecule has 2 heterocycles. The van der Waals surface area contributed by atoms with Crippen molar-refractivity contribution in [3.8, 4) is 0 Å². The minimum atomic E-state index is -3.34. The van der Waals surface area contributed by atoms with E-state index in [1.54, 1.807) is 10.5 Å². The second-order valence-electron chi connectivity index (χ2n) is 6.25. The number of hydrogen-bond donors (Lipinski definition) is 1. The molecule has 1 fully saturated rings. The van der Waals surface area contributed by atoms with E-state index in [1.807, 2.05) is 17.6 Å². The summed E-state index contributed by atoms with van der Waals surface area (Å²) in [5.41, 5.74) is 1.03. The maximum absolute atomic E-state index is 12.7. The molecule has 0 amide bonds. The molecule has 1 aromatic heterocycles. The summed E-state index contributed by atoms with van der Waals surface area (Å²) in [7, 11) is -3.34. The average Bonchev–Trinajstić information content (AvgIpc) is 3.02. The first-order valence-electron chi connectivity index (χ1n) is 7.77. The minimum Gasteiger partial charge on any atom is -0.349 e. The number of sulfonamides is 1. The molecule has 120 valence electrons. The van der Waals surface area contributed by atoms with Crippen LogP contribution in [-0.2, 0) is 23.1 Å². The van der Waals surface area contributed by atoms with Gasteiger partial charge in [0.2, 0.25) is 10.0 Å². The first-order valence-corrected chi connectivity index (χ1v) is 9.21. The van der Waals surface area contributed by atoms with E-state index in [0.29, 0.717) is 36.5 Å². The molecule has 1 aliphatic heterocycles. The number of aromatic nitrogens is 1. The van der Waals surface area contributed by atoms with Gasteiger partial charge in [0.1, 0.15) is 4.90 Å². The van der Waals surface area contributed by atoms with Gasteiger partial charge in [0.25, 0.3) is 0 Å². The third-order valence-electron chi connectivity index (χ3n) is 4.02. The monoisotopic (exact) mass is 313 g/mol. The molecule has 1 aromatic rings. The highest BCUT2D eigenvalue weighted by atomic mass is 32.2. The van der Waals surface area contributed by atoms with Crippen LogP contribution in [0.15, 0.2) is 17.2 Å². The Hall–Kier alpha value is -0.850. The first kappa shape index (κ1) is 16.5. The summed E-state index contributed by atoms with van der Waals surface area (Å²) in [5.74, 6) is 0.454. The molecule has 1 unspecified atom stereocenters. The van der Waals surface area contributed by atoms with Gasteiger partial charge in [-0.2, -0.15) is 4.31 Å². The van der Waals surface area contributed by atoms with Crippen LogP contribution >= 0.6 is 0 Å². The number of rotatable bonds is 6. The van der Waals surface area contributed by atoms with Gasteiger partial charge in [-0.1, -0.05) is 20.8 Å². The second kappa shape index (κ2) is 6.50. The van der Waals surface area contributed by atoms with E-state index in [4.69, 9.17) is 0 Å². The van der Waals surface area contributed by atoms with E-state index in [9.17, 15) is 8.42 Å². The summed E-state index contributed by atoms with van der Waals surface area (Å²) in [6.07, 6.45) is 2.73. The van der Waals surface area contributed by atoms with E-state index < -0.39 is 10.0 Å². The lowest BCUT2D eigenvalue weighted by Crippen LogP contribution is -2.28. The lowest BCUT2D eigenvalue weighted by atomic mass is 10.2. The van der Waals surface area contributed by atoms with Crippen molar-refractivity contribution in [2.24, 2.45) is 5.92 Å². The van der Waals surface area contributed by atoms with Crippen molar-refractivity contribution in [1.82, 2.24) is 14.2 Å². The van der Waals surface area contributed by atoms with E-state index in [1.165, 1.54) is 0 Å². The van der Waals surface area contributed by atoms with Crippen LogP contribution in [-0.4, -0.2) is 36.4 Å². The van der Waals surface area contributed by atoms with Gasteiger partial charge in [0, 0.05) is 44.1 Å². The highest BCUT2D eigenvalue weighted by Crippen LogP contribution is 2.25. The third-order valence-corrected chi connectivity index (χ3v) is 5.85. The predicted octanol–water partition coefficient (Wildman–Crippen LogP) is 2.04. The highest BCUT2D eigenvalue weighted by Gasteiger charge is 2.31. The second-order valence-corrected chi connectivity index (χ2v) is 8.18. The molecule has 0 bridgehead atoms. The van der Waals surface area contributed by atoms with Crippen molar-refractivity contribution >= 4 is 10.0 Å². The van der Waals surface area contributed by atoms with Crippen LogP contribution in [0, 0.1) is 5.92 Å². The fourth-order valence-electron chi connectivity index (χ4n) is 2.68. The van der Waals surface area contributed by atoms with Crippen LogP contribution in [0.25, 0.3) is 0 Å². The summed E-state index contributed by atoms with van der Waals surface area (Å²) < 4.78 is 29.0. The van der Waals surface area contributed by atoms with Crippen LogP contribution in [0.4, 0.5) is 0 Å². The van der Waals surface area contributed by atoms with Gasteiger partial charge in [0.05, 0.1) is 0 Å². The van der Waals surface area contributed by atoms with Crippen LogP contribution in [0.5, 0.6) is 0 Å². The summed E-state index contributed by atoms with van der Waals surface area (Å²) in [6, 6.07) is 2.20. The smallest absolute Gasteiger partial charge is 0.244 e. The maximum Gasteiger partial charge on any atom is 0.244 e. The van der Waals surface area contributed by atoms with Crippen molar-refractivity contribution in [2.45, 2.75) is 58.1 Å². The predicted molar refractivity (Wildman–Crippen MR) is 84.6 cm³/mol. The molecule has 1 aliphatic rings. The Morgan fingerprint density at radius 2 is 2.14 bits per heavy atom. The minimum absolute atomic E-state index is 0.379. The highest BCUT2D eigenvalue weighted by molar-refractivity contribution is 7.89. The molecule has 0 spiro atoms. The van der Waals surface area contributed by atoms with Crippen molar-refractivity contribution in [3.63, 3.8) is 0 Å². The zero-order valence-corrected chi connectivity index (χ0v) is 14.3. The average molecular weight is 313 g/mol. The van der Waals surface area contributed by atoms with E-state index in [0.717, 1.165) is 18.7 Å². The Kier molecular flexibility index (Phi) is 5.11. The number of nitrogens with one attached hydrogen (secondary N) is 1. The molecule has 5 nitrogen and oxygen atoms in total. The molecule has 6 heteroatoms. The van der Waals surface area contributed by atoms with Gasteiger partial charge in [-0.05, 0) is 25.3 Å². The third kappa shape index (κ3) is 3.67. The zero-order valence-electron chi connectivity index (χ0n) is 13.5. The summed E-state index contributed by atoms with van der Waals surface area (Å²) in [5, 5.41) is 3.35. The Bertz CT molecular complexity index is 578. The van der Waals surface area contributed by atoms with Crippen LogP contribution in [0.3, 0.4) is 0 Å². The van der Waals surface area contributed by atoms with Gasteiger partial charge in [-0.15, -0.1) is 0 Å². The Morgan fingerprint density at radius 3 is 2.67 bits per heavy atom. The Morgan fingerprint density at radius 1 is 1.43 bits per heavy atom. The molecule has 1 N–H and O–H groups in total. The molecule has 0 aliphatic carbocycles. The van der Waals surface area contributed by atoms with Gasteiger partial charge >= 0.3 is 0 Å². The van der Waals surface area contributed by atoms with Gasteiger partial charge < -0.3 is 9.88 Å². The lowest BCUT2D eigenvalue weighted by molar-refractivity contribution is 0.464. The SMILES string of the molecule is CCn1cc(S(=O)(=O)N2CCC(C)C2)cc1CNC(C)C. The van der Waals surface area contributed by atoms with Crippen LogP contribution < -0.4 is 5.32 Å². The van der Waals surface area contributed by atoms with Crippen molar-refractivity contribution in [2.75, 3.05) is 13.1 Å². The van der Waals surface area contributed by atoms with Crippen LogP contribution in [0.1, 0.15) is 39.8 Å². The van der Waals surface area contributed by atoms with Crippen molar-refractivity contribution in [1.29, 1.82) is 0 Å². The first-order chi connectivity index (χ1) is 9.84. The lowest BCUT2D eigenvalue weighted by Gasteiger charge is -2.14. The topological polar surface area (TPSA) is 54.3 Å².